The number of rotatable bonds is 7. The van der Waals surface area contributed by atoms with Crippen molar-refractivity contribution in [2.24, 2.45) is 5.92 Å². The average Bonchev–Trinajstić information content (AvgIpc) is 3.12. The standard InChI is InChI=1S/C28H37N7O2/c1-33(2)28(22-9-4-3-5-10-22)14-12-27(13-15-28)20-34(26(37)35(27)18-21-7-6-8-21)19-24(36)32-25-30-16-11-23(17-29)31-25/h3-5,9-11,16,21,26,37H,6-8,12-15,18-20H2,1-2H3,(H,30,31,32,36)/t26?,27-,28+. The van der Waals surface area contributed by atoms with Gasteiger partial charge in [-0.3, -0.25) is 24.8 Å². The van der Waals surface area contributed by atoms with Crippen molar-refractivity contribution in [3.8, 4) is 6.07 Å². The number of carbonyl (C=O) groups excluding carboxylic acids is 1. The number of carbonyl (C=O) groups is 1. The van der Waals surface area contributed by atoms with Gasteiger partial charge in [0.15, 0.2) is 6.35 Å². The maximum atomic E-state index is 12.9. The lowest BCUT2D eigenvalue weighted by Crippen LogP contribution is -2.57. The van der Waals surface area contributed by atoms with Crippen LogP contribution >= 0.6 is 0 Å². The van der Waals surface area contributed by atoms with Crippen molar-refractivity contribution in [1.29, 1.82) is 5.26 Å². The van der Waals surface area contributed by atoms with Crippen LogP contribution in [0.1, 0.15) is 56.2 Å². The summed E-state index contributed by atoms with van der Waals surface area (Å²) in [6.07, 6.45) is 8.21. The van der Waals surface area contributed by atoms with E-state index in [4.69, 9.17) is 5.26 Å². The molecule has 1 aromatic heterocycles. The second kappa shape index (κ2) is 10.5. The molecule has 9 heteroatoms. The number of aliphatic hydroxyl groups excluding tert-OH is 1. The van der Waals surface area contributed by atoms with Crippen molar-refractivity contribution >= 4 is 11.9 Å². The highest BCUT2D eigenvalue weighted by Gasteiger charge is 2.55. The Hall–Kier alpha value is -2.90. The molecule has 5 rings (SSSR count). The van der Waals surface area contributed by atoms with Crippen LogP contribution in [0.2, 0.25) is 0 Å². The molecule has 1 aromatic carbocycles. The number of nitrogens with zero attached hydrogens (tertiary/aromatic N) is 6. The number of aromatic nitrogens is 2. The van der Waals surface area contributed by atoms with Crippen LogP contribution < -0.4 is 5.32 Å². The molecule has 2 aromatic rings. The molecule has 0 radical (unpaired) electrons. The first-order valence-electron chi connectivity index (χ1n) is 13.3. The zero-order valence-electron chi connectivity index (χ0n) is 21.8. The number of nitriles is 1. The summed E-state index contributed by atoms with van der Waals surface area (Å²) < 4.78 is 0. The number of hydrogen-bond acceptors (Lipinski definition) is 8. The van der Waals surface area contributed by atoms with Gasteiger partial charge in [0.2, 0.25) is 11.9 Å². The van der Waals surface area contributed by atoms with E-state index in [1.54, 1.807) is 0 Å². The minimum absolute atomic E-state index is 0.0342. The Kier molecular flexibility index (Phi) is 7.28. The molecule has 37 heavy (non-hydrogen) atoms. The summed E-state index contributed by atoms with van der Waals surface area (Å²) in [7, 11) is 4.33. The lowest BCUT2D eigenvalue weighted by atomic mass is 9.68. The third-order valence-corrected chi connectivity index (χ3v) is 8.93. The molecule has 2 saturated carbocycles. The zero-order valence-corrected chi connectivity index (χ0v) is 21.8. The van der Waals surface area contributed by atoms with E-state index in [1.807, 2.05) is 11.0 Å². The molecular formula is C28H37N7O2. The Bertz CT molecular complexity index is 1140. The number of amides is 1. The summed E-state index contributed by atoms with van der Waals surface area (Å²) in [6, 6.07) is 14.2. The molecule has 0 bridgehead atoms. The van der Waals surface area contributed by atoms with Gasteiger partial charge in [0.25, 0.3) is 0 Å². The second-order valence-electron chi connectivity index (χ2n) is 11.1. The van der Waals surface area contributed by atoms with Gasteiger partial charge in [-0.1, -0.05) is 36.8 Å². The molecule has 1 amide bonds. The Morgan fingerprint density at radius 1 is 1.19 bits per heavy atom. The molecule has 1 spiro atoms. The monoisotopic (exact) mass is 503 g/mol. The van der Waals surface area contributed by atoms with E-state index in [2.05, 4.69) is 69.5 Å². The highest BCUT2D eigenvalue weighted by Crippen LogP contribution is 2.50. The van der Waals surface area contributed by atoms with Gasteiger partial charge in [0, 0.05) is 30.4 Å². The van der Waals surface area contributed by atoms with Crippen LogP contribution in [-0.2, 0) is 10.3 Å². The van der Waals surface area contributed by atoms with Gasteiger partial charge in [-0.05, 0) is 70.2 Å². The second-order valence-corrected chi connectivity index (χ2v) is 11.1. The molecule has 1 aliphatic heterocycles. The molecule has 2 aliphatic carbocycles. The highest BCUT2D eigenvalue weighted by molar-refractivity contribution is 5.90. The van der Waals surface area contributed by atoms with Crippen molar-refractivity contribution in [3.63, 3.8) is 0 Å². The van der Waals surface area contributed by atoms with Crippen molar-refractivity contribution in [3.05, 3.63) is 53.9 Å². The van der Waals surface area contributed by atoms with E-state index in [0.717, 1.165) is 32.2 Å². The van der Waals surface area contributed by atoms with Gasteiger partial charge in [0.05, 0.1) is 6.54 Å². The molecule has 1 unspecified atom stereocenters. The van der Waals surface area contributed by atoms with E-state index < -0.39 is 6.35 Å². The number of aliphatic hydroxyl groups is 1. The largest absolute Gasteiger partial charge is 0.365 e. The third-order valence-electron chi connectivity index (χ3n) is 8.93. The van der Waals surface area contributed by atoms with Gasteiger partial charge >= 0.3 is 0 Å². The summed E-state index contributed by atoms with van der Waals surface area (Å²) in [5, 5.41) is 23.2. The van der Waals surface area contributed by atoms with E-state index >= 15 is 0 Å². The maximum absolute atomic E-state index is 12.9. The molecular weight excluding hydrogens is 466 g/mol. The number of benzene rings is 1. The lowest BCUT2D eigenvalue weighted by Gasteiger charge is -2.52. The molecule has 3 aliphatic rings. The number of hydrogen-bond donors (Lipinski definition) is 2. The SMILES string of the molecule is CN(C)[C@]1(c2ccccc2)CC[C@]2(CC1)CN(CC(=O)Nc1nccc(C#N)n1)C(O)N2CC1CCC1. The molecule has 3 fully saturated rings. The van der Waals surface area contributed by atoms with E-state index in [0.29, 0.717) is 12.5 Å². The lowest BCUT2D eigenvalue weighted by molar-refractivity contribution is -0.126. The Labute approximate surface area is 219 Å². The van der Waals surface area contributed by atoms with Crippen LogP contribution in [0.3, 0.4) is 0 Å². The van der Waals surface area contributed by atoms with Gasteiger partial charge < -0.3 is 5.11 Å². The first kappa shape index (κ1) is 25.7. The van der Waals surface area contributed by atoms with E-state index in [9.17, 15) is 9.90 Å². The van der Waals surface area contributed by atoms with E-state index in [-0.39, 0.29) is 35.2 Å². The van der Waals surface area contributed by atoms with Crippen LogP contribution in [-0.4, -0.2) is 81.3 Å². The normalized spacial score (nSPS) is 28.8. The Morgan fingerprint density at radius 3 is 2.54 bits per heavy atom. The smallest absolute Gasteiger partial charge is 0.241 e. The fourth-order valence-electron chi connectivity index (χ4n) is 6.52. The third kappa shape index (κ3) is 4.99. The van der Waals surface area contributed by atoms with Gasteiger partial charge in [-0.25, -0.2) is 9.97 Å². The predicted molar refractivity (Wildman–Crippen MR) is 140 cm³/mol. The van der Waals surface area contributed by atoms with Crippen molar-refractivity contribution < 1.29 is 9.90 Å². The van der Waals surface area contributed by atoms with Gasteiger partial charge in [0.1, 0.15) is 11.8 Å². The summed E-state index contributed by atoms with van der Waals surface area (Å²) in [6.45, 7) is 1.56. The first-order valence-corrected chi connectivity index (χ1v) is 13.3. The first-order chi connectivity index (χ1) is 17.8. The fourth-order valence-corrected chi connectivity index (χ4v) is 6.52. The topological polar surface area (TPSA) is 109 Å². The van der Waals surface area contributed by atoms with Crippen molar-refractivity contribution in [1.82, 2.24) is 24.7 Å². The van der Waals surface area contributed by atoms with Crippen molar-refractivity contribution in [2.45, 2.75) is 62.4 Å². The zero-order chi connectivity index (χ0) is 26.0. The van der Waals surface area contributed by atoms with Crippen LogP contribution in [0.25, 0.3) is 0 Å². The molecule has 2 heterocycles. The Balaban J connectivity index is 1.33. The molecule has 196 valence electrons. The molecule has 1 saturated heterocycles. The number of nitrogens with one attached hydrogen (secondary N) is 1. The summed E-state index contributed by atoms with van der Waals surface area (Å²) in [5.74, 6) is 0.421. The Morgan fingerprint density at radius 2 is 1.92 bits per heavy atom. The van der Waals surface area contributed by atoms with Gasteiger partial charge in [-0.15, -0.1) is 0 Å². The van der Waals surface area contributed by atoms with E-state index in [1.165, 1.54) is 37.1 Å². The fraction of sp³-hybridized carbons (Fsp3) is 0.571. The van der Waals surface area contributed by atoms with Crippen LogP contribution in [0, 0.1) is 17.2 Å². The summed E-state index contributed by atoms with van der Waals surface area (Å²) in [5.41, 5.74) is 1.34. The predicted octanol–water partition coefficient (Wildman–Crippen LogP) is 2.75. The van der Waals surface area contributed by atoms with Crippen LogP contribution in [0.5, 0.6) is 0 Å². The number of anilines is 1. The molecule has 1 atom stereocenters. The van der Waals surface area contributed by atoms with Crippen molar-refractivity contribution in [2.75, 3.05) is 39.0 Å². The molecule has 9 nitrogen and oxygen atoms in total. The molecule has 2 N–H and O–H groups in total. The minimum Gasteiger partial charge on any atom is -0.365 e. The summed E-state index contributed by atoms with van der Waals surface area (Å²) >= 11 is 0. The maximum Gasteiger partial charge on any atom is 0.241 e. The van der Waals surface area contributed by atoms with Crippen LogP contribution in [0.4, 0.5) is 5.95 Å². The van der Waals surface area contributed by atoms with Gasteiger partial charge in [-0.2, -0.15) is 5.26 Å². The average molecular weight is 504 g/mol. The highest BCUT2D eigenvalue weighted by atomic mass is 16.3. The summed E-state index contributed by atoms with van der Waals surface area (Å²) in [4.78, 5) is 27.5. The minimum atomic E-state index is -0.804. The quantitative estimate of drug-likeness (QED) is 0.594. The van der Waals surface area contributed by atoms with Crippen LogP contribution in [0.15, 0.2) is 42.6 Å².